The van der Waals surface area contributed by atoms with E-state index in [1.165, 1.54) is 63.5 Å². The van der Waals surface area contributed by atoms with Gasteiger partial charge in [-0.3, -0.25) is 0 Å². The van der Waals surface area contributed by atoms with E-state index in [1.54, 1.807) is 0 Å². The van der Waals surface area contributed by atoms with Crippen LogP contribution in [-0.2, 0) is 9.53 Å². The summed E-state index contributed by atoms with van der Waals surface area (Å²) in [6.45, 7) is 6.26. The number of hydrogen-bond donors (Lipinski definition) is 0. The van der Waals surface area contributed by atoms with E-state index < -0.39 is 17.6 Å². The molecule has 0 unspecified atom stereocenters. The number of unbranched alkanes of at least 4 members (excludes halogenated alkanes) is 3. The monoisotopic (exact) mass is 510 g/mol. The minimum absolute atomic E-state index is 0. The zero-order valence-electron chi connectivity index (χ0n) is 21.5. The molecule has 1 aromatic rings. The van der Waals surface area contributed by atoms with Gasteiger partial charge >= 0.3 is 5.97 Å². The van der Waals surface area contributed by atoms with Crippen molar-refractivity contribution in [2.75, 3.05) is 13.2 Å². The molecule has 0 spiro atoms. The quantitative estimate of drug-likeness (QED) is 0.150. The molecular weight excluding hydrogens is 458 g/mol. The number of rotatable bonds is 13. The summed E-state index contributed by atoms with van der Waals surface area (Å²) in [7, 11) is 0. The third kappa shape index (κ3) is 9.19. The fourth-order valence-corrected chi connectivity index (χ4v) is 6.20. The molecule has 0 aromatic heterocycles. The summed E-state index contributed by atoms with van der Waals surface area (Å²) in [5, 5.41) is 0. The van der Waals surface area contributed by atoms with Crippen LogP contribution in [0.2, 0.25) is 0 Å². The molecule has 2 aliphatic rings. The van der Waals surface area contributed by atoms with E-state index in [2.05, 4.69) is 13.5 Å². The van der Waals surface area contributed by atoms with Gasteiger partial charge in [0, 0.05) is 8.93 Å². The molecule has 0 amide bonds. The number of carbonyl (C=O) groups is 1. The maximum absolute atomic E-state index is 14.7. The SMILES string of the molecule is C.C=CC(=O)OCCCCCCOc1c(F)cc(C2CCC(C3CCC(CCC)CC3)CC2)cc1F.[HH].[HH]. The van der Waals surface area contributed by atoms with Crippen molar-refractivity contribution in [2.45, 2.75) is 110 Å². The van der Waals surface area contributed by atoms with Gasteiger partial charge in [0.15, 0.2) is 17.4 Å². The minimum atomic E-state index is -0.590. The number of ether oxygens (including phenoxy) is 2. The summed E-state index contributed by atoms with van der Waals surface area (Å²) < 4.78 is 39.8. The van der Waals surface area contributed by atoms with Crippen molar-refractivity contribution in [3.8, 4) is 5.75 Å². The third-order valence-corrected chi connectivity index (χ3v) is 8.21. The Morgan fingerprint density at radius 3 is 2.06 bits per heavy atom. The van der Waals surface area contributed by atoms with Crippen molar-refractivity contribution in [1.29, 1.82) is 0 Å². The van der Waals surface area contributed by atoms with E-state index in [4.69, 9.17) is 9.47 Å². The number of hydrogen-bond acceptors (Lipinski definition) is 3. The van der Waals surface area contributed by atoms with E-state index in [0.717, 1.165) is 61.5 Å². The number of benzene rings is 1. The van der Waals surface area contributed by atoms with E-state index in [-0.39, 0.29) is 28.6 Å². The maximum Gasteiger partial charge on any atom is 0.330 e. The number of esters is 1. The average molecular weight is 511 g/mol. The lowest BCUT2D eigenvalue weighted by atomic mass is 9.68. The average Bonchev–Trinajstić information content (AvgIpc) is 2.87. The Morgan fingerprint density at radius 1 is 0.944 bits per heavy atom. The molecule has 208 valence electrons. The Balaban J connectivity index is 0.00000456. The second-order valence-electron chi connectivity index (χ2n) is 10.6. The van der Waals surface area contributed by atoms with Crippen LogP contribution < -0.4 is 4.74 Å². The van der Waals surface area contributed by atoms with Crippen LogP contribution in [0.25, 0.3) is 0 Å². The Bertz CT molecular complexity index is 781. The van der Waals surface area contributed by atoms with E-state index in [1.807, 2.05) is 0 Å². The van der Waals surface area contributed by atoms with Gasteiger partial charge in [-0.05, 0) is 106 Å². The summed E-state index contributed by atoms with van der Waals surface area (Å²) in [5.41, 5.74) is 0.784. The predicted molar refractivity (Wildman–Crippen MR) is 147 cm³/mol. The first-order chi connectivity index (χ1) is 17.0. The van der Waals surface area contributed by atoms with Crippen LogP contribution in [0.5, 0.6) is 5.75 Å². The summed E-state index contributed by atoms with van der Waals surface area (Å²) in [6.07, 6.45) is 16.9. The van der Waals surface area contributed by atoms with Crippen molar-refractivity contribution in [2.24, 2.45) is 17.8 Å². The van der Waals surface area contributed by atoms with Crippen LogP contribution in [-0.4, -0.2) is 19.2 Å². The fraction of sp³-hybridized carbons (Fsp3) is 0.710. The second-order valence-corrected chi connectivity index (χ2v) is 10.6. The highest BCUT2D eigenvalue weighted by atomic mass is 19.1. The van der Waals surface area contributed by atoms with Crippen LogP contribution in [0.4, 0.5) is 8.78 Å². The smallest absolute Gasteiger partial charge is 0.330 e. The molecule has 0 heterocycles. The van der Waals surface area contributed by atoms with E-state index >= 15 is 0 Å². The van der Waals surface area contributed by atoms with Crippen molar-refractivity contribution in [3.05, 3.63) is 42.0 Å². The first-order valence-corrected chi connectivity index (χ1v) is 13.9. The van der Waals surface area contributed by atoms with Gasteiger partial charge in [0.05, 0.1) is 13.2 Å². The fourth-order valence-electron chi connectivity index (χ4n) is 6.20. The first kappa shape index (κ1) is 30.3. The van der Waals surface area contributed by atoms with Crippen molar-refractivity contribution < 1.29 is 25.9 Å². The standard InChI is InChI=1S/C30H44F2O3.CH4.2H2/c1-3-9-22-10-12-23(13-11-22)24-14-16-25(17-15-24)26-20-27(31)30(28(32)21-26)35-19-8-6-5-7-18-34-29(33)4-2;;;/h4,20-25H,2-3,5-19H2,1H3;1H4;2*1H. The van der Waals surface area contributed by atoms with Gasteiger partial charge in [0.2, 0.25) is 0 Å². The first-order valence-electron chi connectivity index (χ1n) is 13.9. The largest absolute Gasteiger partial charge is 0.488 e. The van der Waals surface area contributed by atoms with Crippen LogP contribution in [0.3, 0.4) is 0 Å². The van der Waals surface area contributed by atoms with Gasteiger partial charge < -0.3 is 9.47 Å². The zero-order chi connectivity index (χ0) is 25.0. The van der Waals surface area contributed by atoms with Gasteiger partial charge in [0.25, 0.3) is 0 Å². The van der Waals surface area contributed by atoms with Crippen LogP contribution in [0.15, 0.2) is 24.8 Å². The van der Waals surface area contributed by atoms with Crippen LogP contribution in [0.1, 0.15) is 119 Å². The molecule has 0 radical (unpaired) electrons. The summed E-state index contributed by atoms with van der Waals surface area (Å²) in [4.78, 5) is 11.0. The van der Waals surface area contributed by atoms with Crippen molar-refractivity contribution >= 4 is 5.97 Å². The van der Waals surface area contributed by atoms with Gasteiger partial charge in [-0.25, -0.2) is 13.6 Å². The zero-order valence-corrected chi connectivity index (χ0v) is 21.5. The molecule has 0 saturated heterocycles. The molecule has 3 rings (SSSR count). The number of halogens is 2. The normalized spacial score (nSPS) is 24.0. The molecule has 5 heteroatoms. The lowest BCUT2D eigenvalue weighted by Gasteiger charge is -2.38. The van der Waals surface area contributed by atoms with E-state index in [0.29, 0.717) is 13.0 Å². The highest BCUT2D eigenvalue weighted by molar-refractivity contribution is 5.81. The Labute approximate surface area is 221 Å². The van der Waals surface area contributed by atoms with Gasteiger partial charge in [-0.1, -0.05) is 46.6 Å². The minimum Gasteiger partial charge on any atom is -0.488 e. The van der Waals surface area contributed by atoms with Crippen LogP contribution >= 0.6 is 0 Å². The lowest BCUT2D eigenvalue weighted by Crippen LogP contribution is -2.25. The van der Waals surface area contributed by atoms with Gasteiger partial charge in [-0.2, -0.15) is 0 Å². The molecule has 2 fully saturated rings. The molecule has 0 N–H and O–H groups in total. The lowest BCUT2D eigenvalue weighted by molar-refractivity contribution is -0.137. The van der Waals surface area contributed by atoms with Gasteiger partial charge in [0.1, 0.15) is 0 Å². The third-order valence-electron chi connectivity index (χ3n) is 8.21. The summed E-state index contributed by atoms with van der Waals surface area (Å²) in [6, 6.07) is 2.99. The number of carbonyl (C=O) groups excluding carboxylic acids is 1. The highest BCUT2D eigenvalue weighted by Crippen LogP contribution is 2.45. The highest BCUT2D eigenvalue weighted by Gasteiger charge is 2.31. The molecule has 0 bridgehead atoms. The summed E-state index contributed by atoms with van der Waals surface area (Å²) >= 11 is 0. The Kier molecular flexibility index (Phi) is 13.5. The Morgan fingerprint density at radius 2 is 1.50 bits per heavy atom. The topological polar surface area (TPSA) is 35.5 Å². The molecule has 0 aliphatic heterocycles. The van der Waals surface area contributed by atoms with Gasteiger partial charge in [-0.15, -0.1) is 0 Å². The Hall–Kier alpha value is -1.91. The molecule has 2 aliphatic carbocycles. The van der Waals surface area contributed by atoms with E-state index in [9.17, 15) is 13.6 Å². The van der Waals surface area contributed by atoms with Crippen molar-refractivity contribution in [3.63, 3.8) is 0 Å². The molecule has 1 aromatic carbocycles. The molecular formula is C31H52F2O3. The predicted octanol–water partition coefficient (Wildman–Crippen LogP) is 9.64. The second kappa shape index (κ2) is 16.0. The molecule has 36 heavy (non-hydrogen) atoms. The maximum atomic E-state index is 14.7. The summed E-state index contributed by atoms with van der Waals surface area (Å²) in [5.74, 6) is 0.979. The molecule has 0 atom stereocenters. The van der Waals surface area contributed by atoms with Crippen LogP contribution in [0, 0.1) is 29.4 Å². The molecule has 2 saturated carbocycles. The molecule has 3 nitrogen and oxygen atoms in total. The van der Waals surface area contributed by atoms with Crippen molar-refractivity contribution in [1.82, 2.24) is 0 Å².